The van der Waals surface area contributed by atoms with E-state index in [-0.39, 0.29) is 11.8 Å². The van der Waals surface area contributed by atoms with Crippen molar-refractivity contribution >= 4 is 33.8 Å². The number of benzene rings is 1. The first-order valence-corrected chi connectivity index (χ1v) is 13.4. The molecule has 1 amide bonds. The van der Waals surface area contributed by atoms with E-state index in [0.29, 0.717) is 16.8 Å². The number of nitrogens with one attached hydrogen (secondary N) is 1. The van der Waals surface area contributed by atoms with Crippen LogP contribution in [0.3, 0.4) is 0 Å². The minimum absolute atomic E-state index is 0.0356. The van der Waals surface area contributed by atoms with Gasteiger partial charge in [0.05, 0.1) is 5.52 Å². The van der Waals surface area contributed by atoms with Gasteiger partial charge in [-0.2, -0.15) is 0 Å². The fraction of sp³-hybridized carbons (Fsp3) is 0.290. The van der Waals surface area contributed by atoms with Crippen molar-refractivity contribution in [1.82, 2.24) is 24.4 Å². The van der Waals surface area contributed by atoms with Crippen LogP contribution in [0.25, 0.3) is 33.1 Å². The highest BCUT2D eigenvalue weighted by Crippen LogP contribution is 2.29. The number of aromatic nitrogens is 4. The smallest absolute Gasteiger partial charge is 0.328 e. The Hall–Kier alpha value is -4.26. The van der Waals surface area contributed by atoms with E-state index in [4.69, 9.17) is 0 Å². The first-order chi connectivity index (χ1) is 18.6. The number of carbonyl (C=O) groups excluding carboxylic acids is 2. The fourth-order valence-corrected chi connectivity index (χ4v) is 4.92. The molecule has 38 heavy (non-hydrogen) atoms. The van der Waals surface area contributed by atoms with Crippen LogP contribution in [0, 0.1) is 0 Å². The number of unbranched alkanes of at least 4 members (excludes halogenated alkanes) is 3. The molecule has 0 atom stereocenters. The molecule has 7 heteroatoms. The molecule has 4 heterocycles. The molecule has 1 aromatic carbocycles. The Morgan fingerprint density at radius 3 is 2.53 bits per heavy atom. The van der Waals surface area contributed by atoms with Crippen LogP contribution < -0.4 is 0 Å². The maximum Gasteiger partial charge on any atom is 0.328 e. The molecule has 1 N–H and O–H groups in total. The Morgan fingerprint density at radius 2 is 1.74 bits per heavy atom. The van der Waals surface area contributed by atoms with E-state index in [9.17, 15) is 9.59 Å². The van der Waals surface area contributed by atoms with Crippen molar-refractivity contribution in [2.24, 2.45) is 0 Å². The number of H-pyrrole nitrogens is 1. The summed E-state index contributed by atoms with van der Waals surface area (Å²) >= 11 is 0. The molecular weight excluding hydrogens is 474 g/mol. The third-order valence-corrected chi connectivity index (χ3v) is 7.04. The Morgan fingerprint density at radius 1 is 0.895 bits per heavy atom. The Bertz CT molecular complexity index is 1570. The zero-order valence-corrected chi connectivity index (χ0v) is 22.0. The third kappa shape index (κ3) is 4.96. The summed E-state index contributed by atoms with van der Waals surface area (Å²) in [5.41, 5.74) is 4.34. The second kappa shape index (κ2) is 11.4. The summed E-state index contributed by atoms with van der Waals surface area (Å²) in [4.78, 5) is 41.2. The molecular formula is C31H33N5O2. The highest BCUT2D eigenvalue weighted by molar-refractivity contribution is 6.21. The number of hydrogen-bond acceptors (Lipinski definition) is 4. The molecule has 0 aliphatic carbocycles. The average Bonchev–Trinajstić information content (AvgIpc) is 3.59. The number of nitrogens with zero attached hydrogens (tertiary/aromatic N) is 4. The van der Waals surface area contributed by atoms with Crippen LogP contribution >= 0.6 is 0 Å². The molecule has 7 nitrogen and oxygen atoms in total. The van der Waals surface area contributed by atoms with Gasteiger partial charge in [-0.15, -0.1) is 0 Å². The monoisotopic (exact) mass is 507 g/mol. The Labute approximate surface area is 222 Å². The van der Waals surface area contributed by atoms with E-state index in [0.717, 1.165) is 72.6 Å². The third-order valence-electron chi connectivity index (χ3n) is 7.04. The summed E-state index contributed by atoms with van der Waals surface area (Å²) < 4.78 is 1.69. The van der Waals surface area contributed by atoms with E-state index >= 15 is 0 Å². The van der Waals surface area contributed by atoms with Crippen LogP contribution in [-0.2, 0) is 0 Å². The molecule has 0 aliphatic rings. The number of hydrogen-bond donors (Lipinski definition) is 1. The van der Waals surface area contributed by atoms with Crippen molar-refractivity contribution < 1.29 is 9.59 Å². The van der Waals surface area contributed by atoms with Crippen LogP contribution in [0.4, 0.5) is 4.79 Å². The summed E-state index contributed by atoms with van der Waals surface area (Å²) in [6.07, 6.45) is 14.0. The molecule has 0 bridgehead atoms. The molecule has 5 rings (SSSR count). The standard InChI is InChI=1S/C31H33N5O2/c1-3-5-7-16-35(15-6-4-2)31(38)36-17-13-24-25(11-8-12-28(24)36)29(37)27-21-34-30-26(27)18-23(20-33-30)22-10-9-14-32-19-22/h8-14,17-21H,3-7,15-16H2,1-2H3,(H,33,34). The minimum atomic E-state index is -0.108. The molecule has 0 unspecified atom stereocenters. The van der Waals surface area contributed by atoms with Crippen molar-refractivity contribution in [2.75, 3.05) is 13.1 Å². The quantitative estimate of drug-likeness (QED) is 0.162. The van der Waals surface area contributed by atoms with Gasteiger partial charge in [0.25, 0.3) is 0 Å². The zero-order chi connectivity index (χ0) is 26.5. The summed E-state index contributed by atoms with van der Waals surface area (Å²) in [6, 6.07) is 13.2. The predicted octanol–water partition coefficient (Wildman–Crippen LogP) is 7.07. The van der Waals surface area contributed by atoms with Gasteiger partial charge >= 0.3 is 6.03 Å². The van der Waals surface area contributed by atoms with Crippen LogP contribution in [0.1, 0.15) is 61.9 Å². The highest BCUT2D eigenvalue weighted by Gasteiger charge is 2.22. The molecule has 0 saturated carbocycles. The Kier molecular flexibility index (Phi) is 7.63. The van der Waals surface area contributed by atoms with Gasteiger partial charge in [-0.1, -0.05) is 51.3 Å². The molecule has 0 spiro atoms. The molecule has 194 valence electrons. The molecule has 0 radical (unpaired) electrons. The number of carbonyl (C=O) groups is 2. The maximum atomic E-state index is 13.8. The lowest BCUT2D eigenvalue weighted by Crippen LogP contribution is -2.36. The largest absolute Gasteiger partial charge is 0.345 e. The molecule has 0 aliphatic heterocycles. The number of amides is 1. The number of fused-ring (bicyclic) bond motifs is 2. The van der Waals surface area contributed by atoms with Gasteiger partial charge in [-0.05, 0) is 37.1 Å². The van der Waals surface area contributed by atoms with Crippen molar-refractivity contribution in [2.45, 2.75) is 46.0 Å². The first-order valence-electron chi connectivity index (χ1n) is 13.4. The Balaban J connectivity index is 1.49. The number of aromatic amines is 1. The van der Waals surface area contributed by atoms with E-state index in [1.807, 2.05) is 47.4 Å². The average molecular weight is 508 g/mol. The molecule has 5 aromatic rings. The van der Waals surface area contributed by atoms with Gasteiger partial charge in [0.2, 0.25) is 0 Å². The lowest BCUT2D eigenvalue weighted by atomic mass is 9.99. The van der Waals surface area contributed by atoms with E-state index in [1.54, 1.807) is 35.6 Å². The van der Waals surface area contributed by atoms with Crippen molar-refractivity contribution in [3.8, 4) is 11.1 Å². The summed E-state index contributed by atoms with van der Waals surface area (Å²) in [7, 11) is 0. The number of ketones is 1. The van der Waals surface area contributed by atoms with Crippen LogP contribution in [0.5, 0.6) is 0 Å². The second-order valence-electron chi connectivity index (χ2n) is 9.65. The van der Waals surface area contributed by atoms with Crippen molar-refractivity contribution in [1.29, 1.82) is 0 Å². The number of pyridine rings is 2. The lowest BCUT2D eigenvalue weighted by Gasteiger charge is -2.23. The fourth-order valence-electron chi connectivity index (χ4n) is 4.92. The van der Waals surface area contributed by atoms with Gasteiger partial charge in [-0.25, -0.2) is 9.78 Å². The van der Waals surface area contributed by atoms with Crippen molar-refractivity contribution in [3.05, 3.63) is 84.6 Å². The van der Waals surface area contributed by atoms with E-state index in [1.165, 1.54) is 0 Å². The van der Waals surface area contributed by atoms with E-state index in [2.05, 4.69) is 28.8 Å². The second-order valence-corrected chi connectivity index (χ2v) is 9.65. The van der Waals surface area contributed by atoms with Crippen LogP contribution in [0.2, 0.25) is 0 Å². The van der Waals surface area contributed by atoms with Gasteiger partial charge < -0.3 is 9.88 Å². The van der Waals surface area contributed by atoms with Gasteiger partial charge in [-0.3, -0.25) is 14.3 Å². The van der Waals surface area contributed by atoms with Crippen LogP contribution in [-0.4, -0.2) is 49.3 Å². The molecule has 4 aromatic heterocycles. The van der Waals surface area contributed by atoms with Crippen molar-refractivity contribution in [3.63, 3.8) is 0 Å². The normalized spacial score (nSPS) is 11.3. The SMILES string of the molecule is CCCCCN(CCCC)C(=O)n1ccc2c(C(=O)c3c[nH]c4ncc(-c5cccnc5)cc34)cccc21. The summed E-state index contributed by atoms with van der Waals surface area (Å²) in [5.74, 6) is -0.108. The summed E-state index contributed by atoms with van der Waals surface area (Å²) in [5, 5.41) is 1.52. The summed E-state index contributed by atoms with van der Waals surface area (Å²) in [6.45, 7) is 5.78. The predicted molar refractivity (Wildman–Crippen MR) is 151 cm³/mol. The van der Waals surface area contributed by atoms with Gasteiger partial charge in [0.1, 0.15) is 5.65 Å². The lowest BCUT2D eigenvalue weighted by molar-refractivity contribution is 0.104. The van der Waals surface area contributed by atoms with Crippen LogP contribution in [0.15, 0.2) is 73.4 Å². The maximum absolute atomic E-state index is 13.8. The molecule has 0 saturated heterocycles. The van der Waals surface area contributed by atoms with E-state index < -0.39 is 0 Å². The number of rotatable bonds is 10. The topological polar surface area (TPSA) is 83.9 Å². The molecule has 0 fully saturated rings. The van der Waals surface area contributed by atoms with Gasteiger partial charge in [0.15, 0.2) is 5.78 Å². The minimum Gasteiger partial charge on any atom is -0.345 e. The van der Waals surface area contributed by atoms with Gasteiger partial charge in [0, 0.05) is 77.1 Å². The first kappa shape index (κ1) is 25.4. The highest BCUT2D eigenvalue weighted by atomic mass is 16.2. The zero-order valence-electron chi connectivity index (χ0n) is 22.0.